The van der Waals surface area contributed by atoms with Gasteiger partial charge in [0.15, 0.2) is 24.0 Å². The third-order valence-corrected chi connectivity index (χ3v) is 13.7. The molecular formula is C59H83NO19. The molecular weight excluding hydrogens is 1030 g/mol. The van der Waals surface area contributed by atoms with Crippen LogP contribution in [0.5, 0.6) is 0 Å². The number of hydrogen-bond acceptors (Lipinski definition) is 19. The van der Waals surface area contributed by atoms with Crippen LogP contribution in [0.2, 0.25) is 0 Å². The molecule has 0 aromatic heterocycles. The van der Waals surface area contributed by atoms with E-state index in [-0.39, 0.29) is 68.5 Å². The zero-order chi connectivity index (χ0) is 58.8. The Balaban J connectivity index is 1.83. The van der Waals surface area contributed by atoms with Crippen LogP contribution in [0.3, 0.4) is 0 Å². The van der Waals surface area contributed by atoms with E-state index in [1.165, 1.54) is 19.1 Å². The van der Waals surface area contributed by atoms with E-state index in [0.29, 0.717) is 17.7 Å². The molecule has 12 N–H and O–H groups in total. The fourth-order valence-electron chi connectivity index (χ4n) is 9.30. The minimum atomic E-state index is -1.98. The number of carboxylic acid groups (broad SMARTS) is 1. The van der Waals surface area contributed by atoms with Crippen molar-refractivity contribution in [3.8, 4) is 0 Å². The van der Waals surface area contributed by atoms with Crippen LogP contribution in [0.1, 0.15) is 115 Å². The molecule has 20 nitrogen and oxygen atoms in total. The van der Waals surface area contributed by atoms with E-state index >= 15 is 0 Å². The van der Waals surface area contributed by atoms with Crippen molar-refractivity contribution in [2.24, 2.45) is 23.7 Å². The predicted octanol–water partition coefficient (Wildman–Crippen LogP) is 3.65. The molecule has 1 fully saturated rings. The molecule has 1 aromatic carbocycles. The summed E-state index contributed by atoms with van der Waals surface area (Å²) < 4.78 is 17.3. The average molecular weight is 1110 g/mol. The molecule has 1 aromatic rings. The van der Waals surface area contributed by atoms with Crippen molar-refractivity contribution in [2.45, 2.75) is 184 Å². The number of Topliss-reactive ketones (excluding diaryl/α,β-unsaturated/α-hetero) is 4. The standard InChI is InChI=1S/C59H83NO19/c1-35-18-15-13-11-9-7-5-6-8-10-12-14-16-21-47(78-59-56(74)55(73)54(72)38(4)77-59)33-51(70)53(58(75)76)50(69)31-46(66)30-45(65)29-44(64)28-43(63)27-41(61)19-17-20-42(62)32-52(71)79-57(35)37(3)26-36(2)48(67)34-49(68)39-22-24-40(60)25-23-39/h5-16,18,21-25,35-38,42-45,47-48,50-51,53-54,56-57,59,62-65,67,69-70,72,74H,17,19-20,26-34,60H2,1-4H3,(H,75,76)/b6-5+,9-7+,10-8+,13-11+,14-12+,18-15+,21-16+. The summed E-state index contributed by atoms with van der Waals surface area (Å²) in [5.41, 5.74) is 6.68. The van der Waals surface area contributed by atoms with Gasteiger partial charge in [-0.1, -0.05) is 106 Å². The normalized spacial score (nSPS) is 34.7. The second-order valence-corrected chi connectivity index (χ2v) is 20.8. The SMILES string of the molecule is CC1/C=C/C=C/C=C/C=C/C=C/C=C/C=C/C(OC2OC(C)C(O)C(=O)C2O)CC(O)C(C(=O)O)C(O)CC(=O)CC(O)CC(O)CC(O)CC(=O)CCCC(O)CC(=O)OC1C(C)CC(C)C(O)CC(=O)c1ccc(N)cc1. The Morgan fingerprint density at radius 1 is 0.671 bits per heavy atom. The van der Waals surface area contributed by atoms with Gasteiger partial charge >= 0.3 is 11.9 Å². The molecule has 0 aliphatic carbocycles. The van der Waals surface area contributed by atoms with Crippen LogP contribution in [0.25, 0.3) is 0 Å². The number of hydrogen-bond donors (Lipinski definition) is 11. The summed E-state index contributed by atoms with van der Waals surface area (Å²) in [5.74, 6) is -7.83. The van der Waals surface area contributed by atoms with E-state index in [0.717, 1.165) is 0 Å². The second-order valence-electron chi connectivity index (χ2n) is 20.8. The Kier molecular flexibility index (Phi) is 30.1. The number of aliphatic hydroxyl groups excluding tert-OH is 9. The van der Waals surface area contributed by atoms with Gasteiger partial charge < -0.3 is 71.0 Å². The summed E-state index contributed by atoms with van der Waals surface area (Å²) in [5, 5.41) is 106. The Morgan fingerprint density at radius 3 is 1.78 bits per heavy atom. The number of ketones is 4. The second kappa shape index (κ2) is 35.2. The first-order chi connectivity index (χ1) is 37.4. The molecule has 20 heteroatoms. The van der Waals surface area contributed by atoms with Crippen LogP contribution in [-0.2, 0) is 38.2 Å². The van der Waals surface area contributed by atoms with Crippen molar-refractivity contribution in [1.82, 2.24) is 0 Å². The van der Waals surface area contributed by atoms with Gasteiger partial charge in [-0.25, -0.2) is 0 Å². The number of carbonyl (C=O) groups is 6. The van der Waals surface area contributed by atoms with Crippen molar-refractivity contribution >= 4 is 40.8 Å². The van der Waals surface area contributed by atoms with Gasteiger partial charge in [0.25, 0.3) is 0 Å². The molecule has 17 unspecified atom stereocenters. The highest BCUT2D eigenvalue weighted by molar-refractivity contribution is 5.96. The van der Waals surface area contributed by atoms with Crippen molar-refractivity contribution in [2.75, 3.05) is 5.73 Å². The number of carbonyl (C=O) groups excluding carboxylic acids is 5. The summed E-state index contributed by atoms with van der Waals surface area (Å²) in [6.45, 7) is 6.92. The van der Waals surface area contributed by atoms with E-state index in [1.54, 1.807) is 91.1 Å². The average Bonchev–Trinajstić information content (AvgIpc) is 3.36. The first-order valence-corrected chi connectivity index (χ1v) is 26.9. The van der Waals surface area contributed by atoms with Gasteiger partial charge in [-0.05, 0) is 75.1 Å². The maximum absolute atomic E-state index is 13.3. The monoisotopic (exact) mass is 1110 g/mol. The van der Waals surface area contributed by atoms with Crippen LogP contribution < -0.4 is 5.73 Å². The molecule has 79 heavy (non-hydrogen) atoms. The van der Waals surface area contributed by atoms with Gasteiger partial charge in [-0.3, -0.25) is 28.8 Å². The van der Waals surface area contributed by atoms with Gasteiger partial charge in [0.2, 0.25) is 0 Å². The number of esters is 1. The first kappa shape index (κ1) is 67.7. The maximum Gasteiger partial charge on any atom is 0.311 e. The van der Waals surface area contributed by atoms with Crippen LogP contribution in [0.15, 0.2) is 109 Å². The predicted molar refractivity (Wildman–Crippen MR) is 291 cm³/mol. The van der Waals surface area contributed by atoms with Crippen LogP contribution in [-0.4, -0.2) is 166 Å². The number of cyclic esters (lactones) is 1. The highest BCUT2D eigenvalue weighted by atomic mass is 16.7. The first-order valence-electron chi connectivity index (χ1n) is 26.9. The molecule has 0 amide bonds. The lowest BCUT2D eigenvalue weighted by Gasteiger charge is -2.36. The fourth-order valence-corrected chi connectivity index (χ4v) is 9.30. The zero-order valence-corrected chi connectivity index (χ0v) is 45.4. The molecule has 0 radical (unpaired) electrons. The molecule has 17 atom stereocenters. The van der Waals surface area contributed by atoms with Crippen molar-refractivity contribution in [3.05, 3.63) is 115 Å². The highest BCUT2D eigenvalue weighted by Gasteiger charge is 2.44. The Bertz CT molecular complexity index is 2310. The van der Waals surface area contributed by atoms with E-state index in [4.69, 9.17) is 19.9 Å². The van der Waals surface area contributed by atoms with E-state index in [1.807, 2.05) is 26.8 Å². The van der Waals surface area contributed by atoms with E-state index in [2.05, 4.69) is 0 Å². The minimum absolute atomic E-state index is 0.0462. The number of anilines is 1. The molecule has 0 bridgehead atoms. The van der Waals surface area contributed by atoms with Gasteiger partial charge in [-0.15, -0.1) is 0 Å². The molecule has 438 valence electrons. The van der Waals surface area contributed by atoms with Crippen LogP contribution >= 0.6 is 0 Å². The number of aliphatic carboxylic acids is 1. The third kappa shape index (κ3) is 25.2. The number of ether oxygens (including phenoxy) is 3. The zero-order valence-electron chi connectivity index (χ0n) is 45.4. The van der Waals surface area contributed by atoms with Crippen LogP contribution in [0.4, 0.5) is 5.69 Å². The smallest absolute Gasteiger partial charge is 0.311 e. The van der Waals surface area contributed by atoms with Gasteiger partial charge in [0.05, 0.1) is 61.4 Å². The summed E-state index contributed by atoms with van der Waals surface area (Å²) in [4.78, 5) is 76.8. The largest absolute Gasteiger partial charge is 0.481 e. The number of nitrogens with two attached hydrogens (primary N) is 1. The Morgan fingerprint density at radius 2 is 1.22 bits per heavy atom. The van der Waals surface area contributed by atoms with Crippen molar-refractivity contribution in [3.63, 3.8) is 0 Å². The van der Waals surface area contributed by atoms with Gasteiger partial charge in [0, 0.05) is 55.7 Å². The molecule has 2 heterocycles. The number of benzene rings is 1. The maximum atomic E-state index is 13.3. The minimum Gasteiger partial charge on any atom is -0.481 e. The number of carboxylic acids is 1. The summed E-state index contributed by atoms with van der Waals surface area (Å²) in [7, 11) is 0. The number of aliphatic hydroxyl groups is 9. The summed E-state index contributed by atoms with van der Waals surface area (Å²) >= 11 is 0. The molecule has 2 aliphatic rings. The summed E-state index contributed by atoms with van der Waals surface area (Å²) in [6.07, 6.45) is 1.88. The van der Waals surface area contributed by atoms with Gasteiger partial charge in [0.1, 0.15) is 29.7 Å². The molecule has 0 saturated carbocycles. The van der Waals surface area contributed by atoms with Crippen molar-refractivity contribution < 1.29 is 94.0 Å². The van der Waals surface area contributed by atoms with Crippen molar-refractivity contribution in [1.29, 1.82) is 0 Å². The van der Waals surface area contributed by atoms with Crippen LogP contribution in [0, 0.1) is 23.7 Å². The lowest BCUT2D eigenvalue weighted by Crippen LogP contribution is -2.55. The van der Waals surface area contributed by atoms with E-state index < -0.39 is 140 Å². The van der Waals surface area contributed by atoms with E-state index in [9.17, 15) is 79.8 Å². The lowest BCUT2D eigenvalue weighted by atomic mass is 9.83. The quantitative estimate of drug-likeness (QED) is 0.0905. The summed E-state index contributed by atoms with van der Waals surface area (Å²) in [6, 6.07) is 6.42. The topological polar surface area (TPSA) is 358 Å². The highest BCUT2D eigenvalue weighted by Crippen LogP contribution is 2.29. The molecule has 0 spiro atoms. The molecule has 3 rings (SSSR count). The molecule has 1 saturated heterocycles. The fraction of sp³-hybridized carbons (Fsp3) is 0.559. The number of rotatable bonds is 10. The lowest BCUT2D eigenvalue weighted by molar-refractivity contribution is -0.258. The number of allylic oxidation sites excluding steroid dienone is 12. The third-order valence-electron chi connectivity index (χ3n) is 13.7. The molecule has 2 aliphatic heterocycles. The Labute approximate surface area is 462 Å². The number of nitrogen functional groups attached to an aromatic ring is 1. The van der Waals surface area contributed by atoms with Gasteiger partial charge in [-0.2, -0.15) is 0 Å². The Hall–Kier alpha value is -5.62.